The number of unbranched alkanes of at least 4 members (excludes halogenated alkanes) is 1. The van der Waals surface area contributed by atoms with Gasteiger partial charge in [-0.15, -0.1) is 12.3 Å². The zero-order valence-corrected chi connectivity index (χ0v) is 15.1. The molecule has 0 radical (unpaired) electrons. The summed E-state index contributed by atoms with van der Waals surface area (Å²) in [6.45, 7) is 0.523. The van der Waals surface area contributed by atoms with Crippen LogP contribution in [0.4, 0.5) is 4.79 Å². The topological polar surface area (TPSA) is 95.9 Å². The first-order chi connectivity index (χ1) is 13.0. The van der Waals surface area contributed by atoms with Crippen LogP contribution in [0.2, 0.25) is 0 Å². The van der Waals surface area contributed by atoms with Gasteiger partial charge in [-0.3, -0.25) is 9.69 Å². The number of hydrogen-bond donors (Lipinski definition) is 2. The molecule has 7 heteroatoms. The zero-order chi connectivity index (χ0) is 19.6. The van der Waals surface area contributed by atoms with Crippen LogP contribution in [-0.2, 0) is 20.9 Å². The Hall–Kier alpha value is -3.01. The second-order valence-electron chi connectivity index (χ2n) is 6.39. The van der Waals surface area contributed by atoms with E-state index in [2.05, 4.69) is 11.2 Å². The Morgan fingerprint density at radius 1 is 1.33 bits per heavy atom. The Kier molecular flexibility index (Phi) is 7.68. The quantitative estimate of drug-likeness (QED) is 0.538. The SMILES string of the molecule is C#CCCC[C@@H](NC(=O)[C@H]1CCCN1C(=O)OCc1ccccc1)C(=O)O. The molecular formula is C20H24N2O5. The largest absolute Gasteiger partial charge is 0.480 e. The number of nitrogens with one attached hydrogen (secondary N) is 1. The van der Waals surface area contributed by atoms with E-state index in [-0.39, 0.29) is 13.0 Å². The average molecular weight is 372 g/mol. The minimum Gasteiger partial charge on any atom is -0.480 e. The van der Waals surface area contributed by atoms with E-state index in [1.807, 2.05) is 30.3 Å². The first-order valence-electron chi connectivity index (χ1n) is 8.97. The molecule has 0 spiro atoms. The number of nitrogens with zero attached hydrogens (tertiary/aromatic N) is 1. The Balaban J connectivity index is 1.91. The number of carbonyl (C=O) groups excluding carboxylic acids is 2. The van der Waals surface area contributed by atoms with Crippen LogP contribution in [0.1, 0.15) is 37.7 Å². The Morgan fingerprint density at radius 2 is 2.07 bits per heavy atom. The molecule has 1 aromatic rings. The van der Waals surface area contributed by atoms with Crippen LogP contribution in [0, 0.1) is 12.3 Å². The fourth-order valence-electron chi connectivity index (χ4n) is 2.99. The van der Waals surface area contributed by atoms with Gasteiger partial charge in [0.15, 0.2) is 0 Å². The normalized spacial score (nSPS) is 17.0. The van der Waals surface area contributed by atoms with Crippen LogP contribution in [-0.4, -0.2) is 46.6 Å². The first kappa shape index (κ1) is 20.3. The molecule has 2 rings (SSSR count). The molecule has 1 saturated heterocycles. The van der Waals surface area contributed by atoms with E-state index in [4.69, 9.17) is 11.2 Å². The van der Waals surface area contributed by atoms with Gasteiger partial charge in [0.1, 0.15) is 18.7 Å². The van der Waals surface area contributed by atoms with Gasteiger partial charge in [-0.2, -0.15) is 0 Å². The van der Waals surface area contributed by atoms with Crippen LogP contribution >= 0.6 is 0 Å². The summed E-state index contributed by atoms with van der Waals surface area (Å²) in [6, 6.07) is 7.51. The van der Waals surface area contributed by atoms with Crippen molar-refractivity contribution in [2.45, 2.75) is 50.8 Å². The molecule has 2 amide bonds. The number of ether oxygens (including phenoxy) is 1. The lowest BCUT2D eigenvalue weighted by Crippen LogP contribution is -2.50. The second kappa shape index (κ2) is 10.2. The number of likely N-dealkylation sites (tertiary alicyclic amines) is 1. The van der Waals surface area contributed by atoms with Crippen LogP contribution in [0.15, 0.2) is 30.3 Å². The van der Waals surface area contributed by atoms with Gasteiger partial charge in [-0.1, -0.05) is 30.3 Å². The van der Waals surface area contributed by atoms with Gasteiger partial charge in [0.2, 0.25) is 5.91 Å². The molecule has 0 unspecified atom stereocenters. The predicted molar refractivity (Wildman–Crippen MR) is 98.6 cm³/mol. The monoisotopic (exact) mass is 372 g/mol. The van der Waals surface area contributed by atoms with Gasteiger partial charge in [0, 0.05) is 13.0 Å². The third-order valence-corrected chi connectivity index (χ3v) is 4.42. The first-order valence-corrected chi connectivity index (χ1v) is 8.97. The van der Waals surface area contributed by atoms with Crippen molar-refractivity contribution in [2.75, 3.05) is 6.54 Å². The maximum absolute atomic E-state index is 12.5. The Morgan fingerprint density at radius 3 is 2.74 bits per heavy atom. The third-order valence-electron chi connectivity index (χ3n) is 4.42. The summed E-state index contributed by atoms with van der Waals surface area (Å²) >= 11 is 0. The van der Waals surface area contributed by atoms with Crippen molar-refractivity contribution in [3.8, 4) is 12.3 Å². The number of amides is 2. The number of terminal acetylenes is 1. The summed E-state index contributed by atoms with van der Waals surface area (Å²) in [4.78, 5) is 37.6. The molecule has 2 atom stereocenters. The standard InChI is InChI=1S/C20H24N2O5/c1-2-3-5-11-16(19(24)25)21-18(23)17-12-8-13-22(17)20(26)27-14-15-9-6-4-7-10-15/h1,4,6-7,9-10,16-17H,3,5,8,11-14H2,(H,21,23)(H,24,25)/t16-,17-/m1/s1. The molecule has 1 fully saturated rings. The van der Waals surface area contributed by atoms with Crippen LogP contribution in [0.25, 0.3) is 0 Å². The van der Waals surface area contributed by atoms with E-state index in [1.165, 1.54) is 4.90 Å². The van der Waals surface area contributed by atoms with Gasteiger partial charge in [-0.25, -0.2) is 9.59 Å². The number of hydrogen-bond acceptors (Lipinski definition) is 4. The molecule has 7 nitrogen and oxygen atoms in total. The fraction of sp³-hybridized carbons (Fsp3) is 0.450. The molecule has 1 aliphatic heterocycles. The molecule has 1 aliphatic rings. The molecule has 1 aromatic carbocycles. The fourth-order valence-corrected chi connectivity index (χ4v) is 2.99. The average Bonchev–Trinajstić information content (AvgIpc) is 3.16. The van der Waals surface area contributed by atoms with Crippen LogP contribution < -0.4 is 5.32 Å². The van der Waals surface area contributed by atoms with E-state index in [0.717, 1.165) is 5.56 Å². The highest BCUT2D eigenvalue weighted by molar-refractivity contribution is 5.89. The molecule has 0 aliphatic carbocycles. The van der Waals surface area contributed by atoms with Crippen molar-refractivity contribution in [1.82, 2.24) is 10.2 Å². The zero-order valence-electron chi connectivity index (χ0n) is 15.1. The van der Waals surface area contributed by atoms with E-state index in [0.29, 0.717) is 32.2 Å². The highest BCUT2D eigenvalue weighted by Gasteiger charge is 2.36. The van der Waals surface area contributed by atoms with Crippen LogP contribution in [0.5, 0.6) is 0 Å². The third kappa shape index (κ3) is 6.03. The van der Waals surface area contributed by atoms with E-state index < -0.39 is 30.1 Å². The number of carboxylic acid groups (broad SMARTS) is 1. The number of rotatable bonds is 8. The molecule has 144 valence electrons. The highest BCUT2D eigenvalue weighted by Crippen LogP contribution is 2.19. The van der Waals surface area contributed by atoms with Crippen LogP contribution in [0.3, 0.4) is 0 Å². The summed E-state index contributed by atoms with van der Waals surface area (Å²) in [6.07, 6.45) is 6.93. The van der Waals surface area contributed by atoms with Gasteiger partial charge in [-0.05, 0) is 31.2 Å². The summed E-state index contributed by atoms with van der Waals surface area (Å²) in [5.41, 5.74) is 0.852. The number of aliphatic carboxylic acids is 1. The summed E-state index contributed by atoms with van der Waals surface area (Å²) in [5.74, 6) is 0.856. The molecule has 0 bridgehead atoms. The number of benzene rings is 1. The van der Waals surface area contributed by atoms with Crippen molar-refractivity contribution in [1.29, 1.82) is 0 Å². The van der Waals surface area contributed by atoms with Crippen molar-refractivity contribution in [2.24, 2.45) is 0 Å². The Bertz CT molecular complexity index is 698. The lowest BCUT2D eigenvalue weighted by molar-refractivity contribution is -0.142. The number of carboxylic acids is 1. The summed E-state index contributed by atoms with van der Waals surface area (Å²) < 4.78 is 5.29. The van der Waals surface area contributed by atoms with E-state index in [1.54, 1.807) is 0 Å². The minimum atomic E-state index is -1.11. The highest BCUT2D eigenvalue weighted by atomic mass is 16.6. The van der Waals surface area contributed by atoms with Gasteiger partial charge in [0.05, 0.1) is 0 Å². The molecule has 27 heavy (non-hydrogen) atoms. The van der Waals surface area contributed by atoms with Crippen molar-refractivity contribution < 1.29 is 24.2 Å². The maximum Gasteiger partial charge on any atom is 0.410 e. The minimum absolute atomic E-state index is 0.119. The van der Waals surface area contributed by atoms with Gasteiger partial charge in [0.25, 0.3) is 0 Å². The predicted octanol–water partition coefficient (Wildman–Crippen LogP) is 2.16. The van der Waals surface area contributed by atoms with Gasteiger partial charge >= 0.3 is 12.1 Å². The lowest BCUT2D eigenvalue weighted by Gasteiger charge is -2.25. The smallest absolute Gasteiger partial charge is 0.410 e. The molecular weight excluding hydrogens is 348 g/mol. The summed E-state index contributed by atoms with van der Waals surface area (Å²) in [5, 5.41) is 11.8. The molecule has 2 N–H and O–H groups in total. The van der Waals surface area contributed by atoms with Gasteiger partial charge < -0.3 is 15.2 Å². The lowest BCUT2D eigenvalue weighted by atomic mass is 10.1. The molecule has 0 aromatic heterocycles. The van der Waals surface area contributed by atoms with Crippen molar-refractivity contribution >= 4 is 18.0 Å². The van der Waals surface area contributed by atoms with Crippen molar-refractivity contribution in [3.63, 3.8) is 0 Å². The maximum atomic E-state index is 12.5. The van der Waals surface area contributed by atoms with E-state index >= 15 is 0 Å². The van der Waals surface area contributed by atoms with Crippen molar-refractivity contribution in [3.05, 3.63) is 35.9 Å². The second-order valence-corrected chi connectivity index (χ2v) is 6.39. The molecule has 0 saturated carbocycles. The summed E-state index contributed by atoms with van der Waals surface area (Å²) in [7, 11) is 0. The number of carbonyl (C=O) groups is 3. The molecule has 1 heterocycles. The Labute approximate surface area is 158 Å². The van der Waals surface area contributed by atoms with E-state index in [9.17, 15) is 19.5 Å².